The van der Waals surface area contributed by atoms with Gasteiger partial charge < -0.3 is 5.11 Å². The molecule has 1 N–H and O–H groups in total. The highest BCUT2D eigenvalue weighted by Crippen LogP contribution is 2.64. The van der Waals surface area contributed by atoms with E-state index in [0.717, 1.165) is 0 Å². The summed E-state index contributed by atoms with van der Waals surface area (Å²) in [6.07, 6.45) is -23.6. The Kier molecular flexibility index (Phi) is 7.46. The van der Waals surface area contributed by atoms with Gasteiger partial charge in [-0.25, -0.2) is 17.6 Å². The first-order chi connectivity index (χ1) is 13.5. The molecule has 21 heteroatoms. The zero-order valence-corrected chi connectivity index (χ0v) is 13.7. The summed E-state index contributed by atoms with van der Waals surface area (Å²) in [6.45, 7) is 0. The number of alkyl halides is 20. The van der Waals surface area contributed by atoms with Crippen molar-refractivity contribution in [3.8, 4) is 0 Å². The molecule has 32 heavy (non-hydrogen) atoms. The monoisotopic (exact) mass is 532 g/mol. The Morgan fingerprint density at radius 2 is 0.656 bits per heavy atom. The summed E-state index contributed by atoms with van der Waals surface area (Å²) >= 11 is 0. The minimum absolute atomic E-state index is 5.06. The maximum absolute atomic E-state index is 13.2. The van der Waals surface area contributed by atoms with Crippen molar-refractivity contribution >= 4 is 0 Å². The molecule has 0 amide bonds. The van der Waals surface area contributed by atoms with E-state index in [9.17, 15) is 87.8 Å². The lowest BCUT2D eigenvalue weighted by Gasteiger charge is -2.43. The molecule has 0 bridgehead atoms. The third kappa shape index (κ3) is 3.80. The summed E-state index contributed by atoms with van der Waals surface area (Å²) in [6, 6.07) is 0. The first kappa shape index (κ1) is 30.6. The first-order valence-corrected chi connectivity index (χ1v) is 6.83. The van der Waals surface area contributed by atoms with E-state index < -0.39 is 66.3 Å². The highest BCUT2D eigenvalue weighted by molar-refractivity contribution is 5.16. The van der Waals surface area contributed by atoms with Gasteiger partial charge >= 0.3 is 47.6 Å². The zero-order valence-electron chi connectivity index (χ0n) is 13.7. The molecular formula is C11H4F20O. The van der Waals surface area contributed by atoms with Crippen LogP contribution in [-0.2, 0) is 0 Å². The fourth-order valence-electron chi connectivity index (χ4n) is 1.69. The lowest BCUT2D eigenvalue weighted by Crippen LogP contribution is -2.75. The standard InChI is InChI=1S/C11H4F20O/c12-1(3(14)15)2(13)4(16,17)5(18,19)6(20,21)7(22,23)8(24,25)9(26,27)10(28,29)11(30,31)32/h1-3,32H. The lowest BCUT2D eigenvalue weighted by molar-refractivity contribution is -0.470. The van der Waals surface area contributed by atoms with Crippen molar-refractivity contribution in [3.63, 3.8) is 0 Å². The smallest absolute Gasteiger partial charge is 0.331 e. The second-order valence-corrected chi connectivity index (χ2v) is 5.79. The number of aliphatic hydroxyl groups is 1. The molecular weight excluding hydrogens is 528 g/mol. The summed E-state index contributed by atoms with van der Waals surface area (Å²) in [5, 5.41) is 7.43. The molecule has 0 saturated carbocycles. The van der Waals surface area contributed by atoms with Crippen LogP contribution < -0.4 is 0 Å². The van der Waals surface area contributed by atoms with E-state index in [1.54, 1.807) is 0 Å². The molecule has 2 atom stereocenters. The first-order valence-electron chi connectivity index (χ1n) is 6.83. The molecule has 194 valence electrons. The average molecular weight is 532 g/mol. The minimum Gasteiger partial charge on any atom is -0.331 e. The van der Waals surface area contributed by atoms with Crippen LogP contribution in [0.5, 0.6) is 0 Å². The summed E-state index contributed by atoms with van der Waals surface area (Å²) in [5.41, 5.74) is 0. The predicted octanol–water partition coefficient (Wildman–Crippen LogP) is 5.96. The van der Waals surface area contributed by atoms with Gasteiger partial charge in [-0.05, 0) is 0 Å². The molecule has 0 rings (SSSR count). The topological polar surface area (TPSA) is 20.2 Å². The quantitative estimate of drug-likeness (QED) is 0.345. The third-order valence-corrected chi connectivity index (χ3v) is 3.63. The van der Waals surface area contributed by atoms with Crippen LogP contribution >= 0.6 is 0 Å². The summed E-state index contributed by atoms with van der Waals surface area (Å²) < 4.78 is 256. The van der Waals surface area contributed by atoms with Crippen LogP contribution in [0.4, 0.5) is 87.8 Å². The Hall–Kier alpha value is -1.44. The van der Waals surface area contributed by atoms with Crippen LogP contribution in [0.2, 0.25) is 0 Å². The maximum atomic E-state index is 13.2. The molecule has 0 saturated heterocycles. The third-order valence-electron chi connectivity index (χ3n) is 3.63. The van der Waals surface area contributed by atoms with E-state index in [4.69, 9.17) is 5.11 Å². The zero-order chi connectivity index (χ0) is 26.7. The van der Waals surface area contributed by atoms with Crippen molar-refractivity contribution in [1.82, 2.24) is 0 Å². The summed E-state index contributed by atoms with van der Waals surface area (Å²) in [4.78, 5) is 0. The Bertz CT molecular complexity index is 661. The van der Waals surface area contributed by atoms with Gasteiger partial charge in [0.2, 0.25) is 6.17 Å². The molecule has 0 aromatic heterocycles. The molecule has 0 spiro atoms. The number of rotatable bonds is 10. The van der Waals surface area contributed by atoms with Crippen molar-refractivity contribution in [2.75, 3.05) is 0 Å². The Balaban J connectivity index is 6.78. The second kappa shape index (κ2) is 7.81. The van der Waals surface area contributed by atoms with Gasteiger partial charge in [0.25, 0.3) is 6.43 Å². The van der Waals surface area contributed by atoms with Gasteiger partial charge in [-0.3, -0.25) is 0 Å². The van der Waals surface area contributed by atoms with Gasteiger partial charge in [-0.2, -0.15) is 70.2 Å². The Labute approximate surface area is 160 Å². The van der Waals surface area contributed by atoms with Crippen molar-refractivity contribution in [3.05, 3.63) is 0 Å². The molecule has 0 aliphatic heterocycles. The molecule has 1 nitrogen and oxygen atoms in total. The van der Waals surface area contributed by atoms with Crippen LogP contribution in [0.15, 0.2) is 0 Å². The number of hydrogen-bond acceptors (Lipinski definition) is 1. The van der Waals surface area contributed by atoms with Crippen LogP contribution in [0.3, 0.4) is 0 Å². The van der Waals surface area contributed by atoms with Gasteiger partial charge in [0.05, 0.1) is 0 Å². The van der Waals surface area contributed by atoms with Crippen LogP contribution in [0.25, 0.3) is 0 Å². The van der Waals surface area contributed by atoms with E-state index in [1.165, 1.54) is 0 Å². The number of hydrogen-bond donors (Lipinski definition) is 1. The van der Waals surface area contributed by atoms with Gasteiger partial charge in [0.15, 0.2) is 6.17 Å². The van der Waals surface area contributed by atoms with Crippen molar-refractivity contribution < 1.29 is 92.9 Å². The molecule has 0 aromatic carbocycles. The molecule has 0 radical (unpaired) electrons. The van der Waals surface area contributed by atoms with Gasteiger partial charge in [-0.1, -0.05) is 0 Å². The van der Waals surface area contributed by atoms with Gasteiger partial charge in [0.1, 0.15) is 0 Å². The van der Waals surface area contributed by atoms with Crippen molar-refractivity contribution in [2.45, 2.75) is 66.3 Å². The Morgan fingerprint density at radius 1 is 0.406 bits per heavy atom. The maximum Gasteiger partial charge on any atom is 0.423 e. The van der Waals surface area contributed by atoms with Crippen LogP contribution in [-0.4, -0.2) is 71.4 Å². The summed E-state index contributed by atoms with van der Waals surface area (Å²) in [7, 11) is 0. The Morgan fingerprint density at radius 3 is 0.906 bits per heavy atom. The predicted molar refractivity (Wildman–Crippen MR) is 57.6 cm³/mol. The van der Waals surface area contributed by atoms with E-state index in [2.05, 4.69) is 0 Å². The van der Waals surface area contributed by atoms with E-state index in [0.29, 0.717) is 0 Å². The van der Waals surface area contributed by atoms with Crippen molar-refractivity contribution in [1.29, 1.82) is 0 Å². The van der Waals surface area contributed by atoms with Crippen LogP contribution in [0, 0.1) is 0 Å². The normalized spacial score (nSPS) is 18.2. The minimum atomic E-state index is -8.94. The molecule has 0 fully saturated rings. The van der Waals surface area contributed by atoms with E-state index in [-0.39, 0.29) is 0 Å². The highest BCUT2D eigenvalue weighted by atomic mass is 19.4. The van der Waals surface area contributed by atoms with Gasteiger partial charge in [-0.15, -0.1) is 0 Å². The molecule has 0 aliphatic rings. The SMILES string of the molecule is OC(F)(F)C(F)(F)C(F)(F)C(F)(F)C(F)(F)C(F)(F)C(F)(F)C(F)(F)C(F)C(F)C(F)F. The van der Waals surface area contributed by atoms with E-state index in [1.807, 2.05) is 0 Å². The molecule has 0 aliphatic carbocycles. The molecule has 2 unspecified atom stereocenters. The van der Waals surface area contributed by atoms with Gasteiger partial charge in [0, 0.05) is 0 Å². The lowest BCUT2D eigenvalue weighted by atomic mass is 9.87. The van der Waals surface area contributed by atoms with Crippen molar-refractivity contribution in [2.24, 2.45) is 0 Å². The fourth-order valence-corrected chi connectivity index (χ4v) is 1.69. The summed E-state index contributed by atoms with van der Waals surface area (Å²) in [5.74, 6) is -59.8. The van der Waals surface area contributed by atoms with Crippen LogP contribution in [0.1, 0.15) is 0 Å². The largest absolute Gasteiger partial charge is 0.423 e. The highest BCUT2D eigenvalue weighted by Gasteiger charge is 2.95. The molecule has 0 heterocycles. The number of halogens is 20. The van der Waals surface area contributed by atoms with E-state index >= 15 is 0 Å². The second-order valence-electron chi connectivity index (χ2n) is 5.79. The average Bonchev–Trinajstić information content (AvgIpc) is 2.57. The molecule has 0 aromatic rings. The fraction of sp³-hybridized carbons (Fsp3) is 1.00.